The van der Waals surface area contributed by atoms with Gasteiger partial charge in [-0.15, -0.1) is 5.10 Å². The first kappa shape index (κ1) is 20.0. The van der Waals surface area contributed by atoms with E-state index >= 15 is 0 Å². The third-order valence-corrected chi connectivity index (χ3v) is 4.48. The molecule has 4 N–H and O–H groups in total. The van der Waals surface area contributed by atoms with Crippen LogP contribution >= 0.6 is 0 Å². The van der Waals surface area contributed by atoms with Crippen LogP contribution in [0, 0.1) is 0 Å². The van der Waals surface area contributed by atoms with Crippen LogP contribution in [0.4, 0.5) is 14.6 Å². The Morgan fingerprint density at radius 2 is 2.13 bits per heavy atom. The fourth-order valence-electron chi connectivity index (χ4n) is 3.05. The van der Waals surface area contributed by atoms with E-state index in [-0.39, 0.29) is 22.9 Å². The number of aromatic nitrogens is 7. The van der Waals surface area contributed by atoms with Crippen molar-refractivity contribution in [3.63, 3.8) is 0 Å². The number of carbonyl (C=O) groups is 1. The number of aliphatic hydroxyl groups excluding tert-OH is 2. The van der Waals surface area contributed by atoms with Crippen LogP contribution < -0.4 is 10.6 Å². The Balaban J connectivity index is 1.79. The van der Waals surface area contributed by atoms with Crippen LogP contribution in [0.2, 0.25) is 0 Å². The molecule has 160 valence electrons. The average Bonchev–Trinajstić information content (AvgIpc) is 3.46. The van der Waals surface area contributed by atoms with Gasteiger partial charge in [0.25, 0.3) is 18.3 Å². The Morgan fingerprint density at radius 1 is 1.33 bits per heavy atom. The summed E-state index contributed by atoms with van der Waals surface area (Å²) in [5.41, 5.74) is 0.217. The van der Waals surface area contributed by atoms with Crippen molar-refractivity contribution in [2.24, 2.45) is 0 Å². The van der Waals surface area contributed by atoms with Gasteiger partial charge in [0.1, 0.15) is 12.2 Å². The fraction of sp³-hybridized carbons (Fsp3) is 0.467. The number of anilines is 1. The molecule has 30 heavy (non-hydrogen) atoms. The lowest BCUT2D eigenvalue weighted by Crippen LogP contribution is -2.41. The molecule has 1 saturated heterocycles. The van der Waals surface area contributed by atoms with Crippen LogP contribution in [-0.4, -0.2) is 89.0 Å². The normalized spacial score (nSPS) is 23.9. The minimum atomic E-state index is -2.64. The number of alkyl halides is 2. The standard InChI is InChI=1S/C15H17F2N9O4/c1-18-13(29)10-8(27)9(28)14(30-10)25-5-20-7-11(19-4-6(16)17)22-15(23-12(7)25)26-3-2-21-24-26/h2-3,5-6,8-10,14,27-28H,4H2,1H3,(H,18,29)(H,19,22,23)/t8-,9+,10?,14?/m0/s1. The predicted molar refractivity (Wildman–Crippen MR) is 94.7 cm³/mol. The smallest absolute Gasteiger partial charge is 0.256 e. The number of nitrogens with zero attached hydrogens (tertiary/aromatic N) is 7. The average molecular weight is 425 g/mol. The zero-order valence-electron chi connectivity index (χ0n) is 15.4. The number of rotatable bonds is 6. The Hall–Kier alpha value is -3.30. The van der Waals surface area contributed by atoms with Gasteiger partial charge in [-0.05, 0) is 0 Å². The number of amides is 1. The molecule has 0 saturated carbocycles. The van der Waals surface area contributed by atoms with Crippen molar-refractivity contribution in [2.45, 2.75) is 31.0 Å². The molecule has 1 aliphatic rings. The zero-order chi connectivity index (χ0) is 21.4. The van der Waals surface area contributed by atoms with E-state index < -0.39 is 43.4 Å². The summed E-state index contributed by atoms with van der Waals surface area (Å²) in [6.45, 7) is -0.685. The molecule has 1 fully saturated rings. The van der Waals surface area contributed by atoms with Crippen LogP contribution in [-0.2, 0) is 9.53 Å². The Bertz CT molecular complexity index is 1040. The first-order valence-corrected chi connectivity index (χ1v) is 8.77. The van der Waals surface area contributed by atoms with Crippen molar-refractivity contribution >= 4 is 22.9 Å². The summed E-state index contributed by atoms with van der Waals surface area (Å²) in [5.74, 6) is -0.625. The molecule has 0 radical (unpaired) electrons. The number of ether oxygens (including phenoxy) is 1. The molecule has 13 nitrogen and oxygen atoms in total. The van der Waals surface area contributed by atoms with Gasteiger partial charge in [0.15, 0.2) is 29.3 Å². The van der Waals surface area contributed by atoms with Gasteiger partial charge in [0.05, 0.1) is 25.3 Å². The van der Waals surface area contributed by atoms with E-state index in [1.165, 1.54) is 35.0 Å². The van der Waals surface area contributed by atoms with E-state index in [1.807, 2.05) is 0 Å². The molecule has 2 unspecified atom stereocenters. The Morgan fingerprint density at radius 3 is 2.80 bits per heavy atom. The van der Waals surface area contributed by atoms with Gasteiger partial charge in [-0.1, -0.05) is 5.21 Å². The van der Waals surface area contributed by atoms with Gasteiger partial charge in [-0.2, -0.15) is 14.6 Å². The minimum Gasteiger partial charge on any atom is -0.387 e. The summed E-state index contributed by atoms with van der Waals surface area (Å²) in [6.07, 6.45) is -4.08. The second-order valence-corrected chi connectivity index (χ2v) is 6.36. The van der Waals surface area contributed by atoms with E-state index in [0.717, 1.165) is 0 Å². The topological polar surface area (TPSA) is 165 Å². The number of carbonyl (C=O) groups excluding carboxylic acids is 1. The molecule has 3 aromatic heterocycles. The van der Waals surface area contributed by atoms with Gasteiger partial charge in [0, 0.05) is 7.05 Å². The predicted octanol–water partition coefficient (Wildman–Crippen LogP) is -1.55. The summed E-state index contributed by atoms with van der Waals surface area (Å²) in [5, 5.41) is 32.9. The van der Waals surface area contributed by atoms with Crippen molar-refractivity contribution < 1.29 is 28.5 Å². The molecule has 4 rings (SSSR count). The maximum Gasteiger partial charge on any atom is 0.256 e. The summed E-state index contributed by atoms with van der Waals surface area (Å²) in [4.78, 5) is 24.5. The monoisotopic (exact) mass is 425 g/mol. The Labute approximate surface area is 166 Å². The number of imidazole rings is 1. The van der Waals surface area contributed by atoms with E-state index in [2.05, 4.69) is 35.9 Å². The lowest BCUT2D eigenvalue weighted by molar-refractivity contribution is -0.137. The Kier molecular flexibility index (Phi) is 5.23. The van der Waals surface area contributed by atoms with Crippen molar-refractivity contribution in [1.29, 1.82) is 0 Å². The maximum atomic E-state index is 12.7. The number of hydrogen-bond acceptors (Lipinski definition) is 10. The number of likely N-dealkylation sites (N-methyl/N-ethyl adjacent to an activating group) is 1. The first-order valence-electron chi connectivity index (χ1n) is 8.77. The molecule has 15 heteroatoms. The van der Waals surface area contributed by atoms with Gasteiger partial charge >= 0.3 is 0 Å². The largest absolute Gasteiger partial charge is 0.387 e. The third kappa shape index (κ3) is 3.42. The van der Waals surface area contributed by atoms with Crippen LogP contribution in [0.5, 0.6) is 0 Å². The van der Waals surface area contributed by atoms with E-state index in [0.29, 0.717) is 0 Å². The third-order valence-electron chi connectivity index (χ3n) is 4.48. The molecule has 0 spiro atoms. The highest BCUT2D eigenvalue weighted by Gasteiger charge is 2.47. The quantitative estimate of drug-likeness (QED) is 0.363. The number of halogens is 2. The second kappa shape index (κ2) is 7.85. The maximum absolute atomic E-state index is 12.7. The SMILES string of the molecule is CNC(=O)C1OC(n2cnc3c(NCC(F)F)nc(-n4ccnn4)nc32)[C@H](O)[C@@H]1O. The molecule has 1 amide bonds. The van der Waals surface area contributed by atoms with E-state index in [9.17, 15) is 23.8 Å². The van der Waals surface area contributed by atoms with E-state index in [4.69, 9.17) is 4.74 Å². The van der Waals surface area contributed by atoms with Crippen molar-refractivity contribution in [2.75, 3.05) is 18.9 Å². The summed E-state index contributed by atoms with van der Waals surface area (Å²) >= 11 is 0. The molecule has 0 bridgehead atoms. The minimum absolute atomic E-state index is 0.000404. The van der Waals surface area contributed by atoms with Crippen molar-refractivity contribution in [1.82, 2.24) is 39.8 Å². The number of aliphatic hydroxyl groups is 2. The van der Waals surface area contributed by atoms with Gasteiger partial charge in [-0.3, -0.25) is 9.36 Å². The van der Waals surface area contributed by atoms with Crippen LogP contribution in [0.15, 0.2) is 18.7 Å². The molecular weight excluding hydrogens is 408 g/mol. The van der Waals surface area contributed by atoms with Gasteiger partial charge in [0.2, 0.25) is 0 Å². The van der Waals surface area contributed by atoms with Crippen molar-refractivity contribution in [3.8, 4) is 5.95 Å². The molecule has 4 heterocycles. The van der Waals surface area contributed by atoms with Crippen LogP contribution in [0.1, 0.15) is 6.23 Å². The lowest BCUT2D eigenvalue weighted by atomic mass is 10.1. The molecule has 1 aliphatic heterocycles. The van der Waals surface area contributed by atoms with Crippen LogP contribution in [0.3, 0.4) is 0 Å². The summed E-state index contributed by atoms with van der Waals surface area (Å²) in [6, 6.07) is 0. The summed E-state index contributed by atoms with van der Waals surface area (Å²) in [7, 11) is 1.36. The molecule has 0 aromatic carbocycles. The van der Waals surface area contributed by atoms with Gasteiger partial charge in [-0.25, -0.2) is 13.8 Å². The van der Waals surface area contributed by atoms with Crippen molar-refractivity contribution in [3.05, 3.63) is 18.7 Å². The zero-order valence-corrected chi connectivity index (χ0v) is 15.4. The van der Waals surface area contributed by atoms with Gasteiger partial charge < -0.3 is 25.6 Å². The molecule has 0 aliphatic carbocycles. The first-order chi connectivity index (χ1) is 14.4. The highest BCUT2D eigenvalue weighted by molar-refractivity contribution is 5.84. The number of nitrogens with one attached hydrogen (secondary N) is 2. The highest BCUT2D eigenvalue weighted by atomic mass is 19.3. The molecular formula is C15H17F2N9O4. The molecule has 3 aromatic rings. The summed E-state index contributed by atoms with van der Waals surface area (Å²) < 4.78 is 33.4. The van der Waals surface area contributed by atoms with E-state index in [1.54, 1.807) is 0 Å². The fourth-order valence-corrected chi connectivity index (χ4v) is 3.05. The molecule has 4 atom stereocenters. The number of hydrogen-bond donors (Lipinski definition) is 4. The lowest BCUT2D eigenvalue weighted by Gasteiger charge is -2.17. The van der Waals surface area contributed by atoms with Crippen LogP contribution in [0.25, 0.3) is 17.1 Å². The second-order valence-electron chi connectivity index (χ2n) is 6.36. The highest BCUT2D eigenvalue weighted by Crippen LogP contribution is 2.32. The number of fused-ring (bicyclic) bond motifs is 1.